The van der Waals surface area contributed by atoms with Crippen molar-refractivity contribution >= 4 is 11.2 Å². The number of ether oxygens (including phenoxy) is 1. The zero-order chi connectivity index (χ0) is 12.5. The number of rotatable bonds is 2. The molecule has 1 saturated heterocycles. The van der Waals surface area contributed by atoms with Crippen molar-refractivity contribution in [1.29, 1.82) is 0 Å². The smallest absolute Gasteiger partial charge is 0.279 e. The van der Waals surface area contributed by atoms with Gasteiger partial charge in [0.25, 0.3) is 5.56 Å². The van der Waals surface area contributed by atoms with Crippen LogP contribution in [0.1, 0.15) is 18.3 Å². The summed E-state index contributed by atoms with van der Waals surface area (Å²) in [6.45, 7) is 0.753. The number of aromatic amines is 1. The van der Waals surface area contributed by atoms with Gasteiger partial charge in [-0.25, -0.2) is 15.0 Å². The number of methoxy groups -OCH3 is 1. The number of H-pyrrole nitrogens is 1. The topological polar surface area (TPSA) is 92.8 Å². The van der Waals surface area contributed by atoms with Crippen molar-refractivity contribution in [3.05, 3.63) is 28.6 Å². The van der Waals surface area contributed by atoms with Crippen LogP contribution in [0, 0.1) is 0 Å². The number of hydrogen-bond donors (Lipinski definition) is 2. The van der Waals surface area contributed by atoms with Crippen LogP contribution in [0.5, 0.6) is 0 Å². The van der Waals surface area contributed by atoms with Gasteiger partial charge in [-0.3, -0.25) is 4.79 Å². The number of fused-ring (bicyclic) bond motifs is 1. The Kier molecular flexibility index (Phi) is 2.77. The van der Waals surface area contributed by atoms with Crippen molar-refractivity contribution < 1.29 is 4.74 Å². The predicted molar refractivity (Wildman–Crippen MR) is 64.1 cm³/mol. The van der Waals surface area contributed by atoms with Crippen molar-refractivity contribution in [2.45, 2.75) is 18.6 Å². The second-order valence-electron chi connectivity index (χ2n) is 4.23. The van der Waals surface area contributed by atoms with E-state index in [9.17, 15) is 4.79 Å². The Labute approximate surface area is 103 Å². The third-order valence-electron chi connectivity index (χ3n) is 3.12. The highest BCUT2D eigenvalue weighted by atomic mass is 16.5. The van der Waals surface area contributed by atoms with Gasteiger partial charge in [0.05, 0.1) is 12.1 Å². The molecule has 2 atom stereocenters. The summed E-state index contributed by atoms with van der Waals surface area (Å²) >= 11 is 0. The Morgan fingerprint density at radius 2 is 2.22 bits per heavy atom. The Hall–Kier alpha value is -1.86. The molecule has 2 N–H and O–H groups in total. The third kappa shape index (κ3) is 1.87. The van der Waals surface area contributed by atoms with E-state index >= 15 is 0 Å². The molecule has 0 saturated carbocycles. The fourth-order valence-corrected chi connectivity index (χ4v) is 2.15. The standard InChI is InChI=1S/C11H13N5O2/c1-18-6-4-7(14-5-6)9-15-10-8(11(17)16-9)12-2-3-13-10/h2-3,6-7,14H,4-5H2,1H3,(H,13,15,16,17)/t6-,7-/m0/s1. The summed E-state index contributed by atoms with van der Waals surface area (Å²) in [5.41, 5.74) is 0.382. The first-order chi connectivity index (χ1) is 8.78. The maximum Gasteiger partial charge on any atom is 0.279 e. The summed E-state index contributed by atoms with van der Waals surface area (Å²) < 4.78 is 5.27. The minimum absolute atomic E-state index is 0.00550. The van der Waals surface area contributed by atoms with Crippen molar-refractivity contribution in [2.75, 3.05) is 13.7 Å². The molecule has 7 nitrogen and oxygen atoms in total. The predicted octanol–water partition coefficient (Wildman–Crippen LogP) is -0.237. The molecule has 1 aliphatic heterocycles. The average molecular weight is 247 g/mol. The molecule has 1 aliphatic rings. The SMILES string of the molecule is CO[C@@H]1CN[C@H](c2nc3nccnc3c(=O)[nH]2)C1. The highest BCUT2D eigenvalue weighted by Gasteiger charge is 2.27. The van der Waals surface area contributed by atoms with E-state index in [1.807, 2.05) is 0 Å². The van der Waals surface area contributed by atoms with Gasteiger partial charge >= 0.3 is 0 Å². The Bertz CT molecular complexity index is 626. The molecule has 0 amide bonds. The third-order valence-corrected chi connectivity index (χ3v) is 3.12. The fraction of sp³-hybridized carbons (Fsp3) is 0.455. The normalized spacial score (nSPS) is 23.6. The van der Waals surface area contributed by atoms with Gasteiger partial charge in [-0.15, -0.1) is 0 Å². The summed E-state index contributed by atoms with van der Waals surface area (Å²) in [6.07, 6.45) is 3.94. The molecule has 2 aromatic rings. The van der Waals surface area contributed by atoms with Gasteiger partial charge in [0.1, 0.15) is 5.82 Å². The zero-order valence-corrected chi connectivity index (χ0v) is 9.88. The summed E-state index contributed by atoms with van der Waals surface area (Å²) in [6, 6.07) is -0.00550. The summed E-state index contributed by atoms with van der Waals surface area (Å²) in [4.78, 5) is 27.0. The molecule has 2 aromatic heterocycles. The summed E-state index contributed by atoms with van der Waals surface area (Å²) in [5.74, 6) is 0.590. The van der Waals surface area contributed by atoms with Gasteiger partial charge in [0.2, 0.25) is 0 Å². The van der Waals surface area contributed by atoms with Crippen LogP contribution < -0.4 is 10.9 Å². The fourth-order valence-electron chi connectivity index (χ4n) is 2.15. The molecule has 3 heterocycles. The van der Waals surface area contributed by atoms with E-state index in [0.29, 0.717) is 11.5 Å². The van der Waals surface area contributed by atoms with Crippen LogP contribution in [0.15, 0.2) is 17.2 Å². The number of hydrogen-bond acceptors (Lipinski definition) is 6. The lowest BCUT2D eigenvalue weighted by molar-refractivity contribution is 0.117. The van der Waals surface area contributed by atoms with Gasteiger partial charge in [0.15, 0.2) is 11.2 Å². The van der Waals surface area contributed by atoms with Crippen LogP contribution in [-0.4, -0.2) is 39.7 Å². The molecule has 0 aliphatic carbocycles. The van der Waals surface area contributed by atoms with E-state index in [0.717, 1.165) is 13.0 Å². The monoisotopic (exact) mass is 247 g/mol. The minimum atomic E-state index is -0.259. The number of nitrogens with one attached hydrogen (secondary N) is 2. The van der Waals surface area contributed by atoms with Crippen molar-refractivity contribution in [3.8, 4) is 0 Å². The molecule has 1 fully saturated rings. The molecular weight excluding hydrogens is 234 g/mol. The molecule has 18 heavy (non-hydrogen) atoms. The lowest BCUT2D eigenvalue weighted by Gasteiger charge is -2.09. The maximum absolute atomic E-state index is 11.9. The second kappa shape index (κ2) is 4.43. The van der Waals surface area contributed by atoms with Gasteiger partial charge in [-0.1, -0.05) is 0 Å². The summed E-state index contributed by atoms with van der Waals surface area (Å²) in [5, 5.41) is 3.26. The van der Waals surface area contributed by atoms with E-state index in [4.69, 9.17) is 4.74 Å². The molecular formula is C11H13N5O2. The van der Waals surface area contributed by atoms with Crippen molar-refractivity contribution in [2.24, 2.45) is 0 Å². The number of nitrogens with zero attached hydrogens (tertiary/aromatic N) is 3. The van der Waals surface area contributed by atoms with E-state index in [1.54, 1.807) is 7.11 Å². The van der Waals surface area contributed by atoms with Gasteiger partial charge in [-0.2, -0.15) is 0 Å². The summed E-state index contributed by atoms with van der Waals surface area (Å²) in [7, 11) is 1.68. The first-order valence-electron chi connectivity index (χ1n) is 5.75. The van der Waals surface area contributed by atoms with Crippen molar-refractivity contribution in [3.63, 3.8) is 0 Å². The molecule has 0 spiro atoms. The number of aromatic nitrogens is 4. The molecule has 7 heteroatoms. The van der Waals surface area contributed by atoms with Crippen LogP contribution in [0.3, 0.4) is 0 Å². The van der Waals surface area contributed by atoms with Gasteiger partial charge < -0.3 is 15.0 Å². The van der Waals surface area contributed by atoms with E-state index in [-0.39, 0.29) is 23.2 Å². The van der Waals surface area contributed by atoms with Crippen LogP contribution in [-0.2, 0) is 4.74 Å². The minimum Gasteiger partial charge on any atom is -0.380 e. The first-order valence-corrected chi connectivity index (χ1v) is 5.75. The lowest BCUT2D eigenvalue weighted by Crippen LogP contribution is -2.21. The van der Waals surface area contributed by atoms with Crippen LogP contribution in [0.25, 0.3) is 11.2 Å². The Morgan fingerprint density at radius 3 is 3.00 bits per heavy atom. The van der Waals surface area contributed by atoms with E-state index < -0.39 is 0 Å². The largest absolute Gasteiger partial charge is 0.380 e. The first kappa shape index (κ1) is 11.2. The van der Waals surface area contributed by atoms with Crippen LogP contribution in [0.4, 0.5) is 0 Å². The second-order valence-corrected chi connectivity index (χ2v) is 4.23. The quantitative estimate of drug-likeness (QED) is 0.761. The molecule has 0 bridgehead atoms. The van der Waals surface area contributed by atoms with E-state index in [2.05, 4.69) is 25.3 Å². The molecule has 0 aromatic carbocycles. The highest BCUT2D eigenvalue weighted by molar-refractivity contribution is 5.67. The Balaban J connectivity index is 2.01. The maximum atomic E-state index is 11.9. The molecule has 0 radical (unpaired) electrons. The van der Waals surface area contributed by atoms with Gasteiger partial charge in [-0.05, 0) is 6.42 Å². The average Bonchev–Trinajstić information content (AvgIpc) is 2.87. The zero-order valence-electron chi connectivity index (χ0n) is 9.88. The van der Waals surface area contributed by atoms with Crippen LogP contribution in [0.2, 0.25) is 0 Å². The molecule has 94 valence electrons. The molecule has 3 rings (SSSR count). The van der Waals surface area contributed by atoms with E-state index in [1.165, 1.54) is 12.4 Å². The highest BCUT2D eigenvalue weighted by Crippen LogP contribution is 2.21. The van der Waals surface area contributed by atoms with Crippen LogP contribution >= 0.6 is 0 Å². The van der Waals surface area contributed by atoms with Gasteiger partial charge in [0, 0.05) is 26.0 Å². The van der Waals surface area contributed by atoms with Crippen molar-refractivity contribution in [1.82, 2.24) is 25.3 Å². The Morgan fingerprint density at radius 1 is 1.39 bits per heavy atom. The lowest BCUT2D eigenvalue weighted by atomic mass is 10.2. The molecule has 0 unspecified atom stereocenters.